The first-order chi connectivity index (χ1) is 9.17. The second-order valence-electron chi connectivity index (χ2n) is 5.79. The number of methoxy groups -OCH3 is 1. The lowest BCUT2D eigenvalue weighted by atomic mass is 9.82. The Morgan fingerprint density at radius 2 is 1.95 bits per heavy atom. The fraction of sp³-hybridized carbons (Fsp3) is 0.647. The van der Waals surface area contributed by atoms with Gasteiger partial charge in [-0.2, -0.15) is 0 Å². The number of benzene rings is 1. The third-order valence-electron chi connectivity index (χ3n) is 4.58. The van der Waals surface area contributed by atoms with Crippen LogP contribution in [0.1, 0.15) is 50.2 Å². The minimum Gasteiger partial charge on any atom is -0.496 e. The average molecular weight is 261 g/mol. The molecule has 2 heteroatoms. The Labute approximate surface area is 117 Å². The maximum atomic E-state index is 5.52. The van der Waals surface area contributed by atoms with Gasteiger partial charge < -0.3 is 10.1 Å². The van der Waals surface area contributed by atoms with Crippen molar-refractivity contribution < 1.29 is 4.74 Å². The normalized spacial score (nSPS) is 23.2. The molecule has 0 aromatic heterocycles. The average Bonchev–Trinajstić information content (AvgIpc) is 2.43. The summed E-state index contributed by atoms with van der Waals surface area (Å²) in [5.41, 5.74) is 3.69. The van der Waals surface area contributed by atoms with Gasteiger partial charge in [-0.05, 0) is 44.2 Å². The minimum atomic E-state index is 0.630. The molecule has 0 amide bonds. The van der Waals surface area contributed by atoms with E-state index < -0.39 is 0 Å². The molecule has 1 aromatic rings. The van der Waals surface area contributed by atoms with Gasteiger partial charge in [0.15, 0.2) is 0 Å². The SMILES string of the molecule is CCC1CCCCC1Nc1ccc(C)c(OC)c1C. The van der Waals surface area contributed by atoms with Gasteiger partial charge in [0.2, 0.25) is 0 Å². The zero-order valence-electron chi connectivity index (χ0n) is 12.8. The molecule has 0 heterocycles. The molecule has 2 rings (SSSR count). The van der Waals surface area contributed by atoms with Gasteiger partial charge in [0, 0.05) is 17.3 Å². The topological polar surface area (TPSA) is 21.3 Å². The number of hydrogen-bond acceptors (Lipinski definition) is 2. The van der Waals surface area contributed by atoms with E-state index in [2.05, 4.69) is 38.2 Å². The second kappa shape index (κ2) is 6.31. The summed E-state index contributed by atoms with van der Waals surface area (Å²) in [6.45, 7) is 6.57. The Kier molecular flexibility index (Phi) is 4.73. The van der Waals surface area contributed by atoms with Crippen molar-refractivity contribution in [3.63, 3.8) is 0 Å². The first-order valence-corrected chi connectivity index (χ1v) is 7.58. The molecule has 1 N–H and O–H groups in total. The Hall–Kier alpha value is -1.18. The van der Waals surface area contributed by atoms with Crippen LogP contribution in [0.4, 0.5) is 5.69 Å². The van der Waals surface area contributed by atoms with Crippen molar-refractivity contribution in [2.24, 2.45) is 5.92 Å². The van der Waals surface area contributed by atoms with E-state index in [1.807, 2.05) is 0 Å². The molecule has 2 atom stereocenters. The van der Waals surface area contributed by atoms with Crippen molar-refractivity contribution in [1.29, 1.82) is 0 Å². The van der Waals surface area contributed by atoms with Gasteiger partial charge in [0.05, 0.1) is 7.11 Å². The molecular weight excluding hydrogens is 234 g/mol. The van der Waals surface area contributed by atoms with Crippen LogP contribution in [0.25, 0.3) is 0 Å². The third-order valence-corrected chi connectivity index (χ3v) is 4.58. The molecule has 19 heavy (non-hydrogen) atoms. The van der Waals surface area contributed by atoms with Crippen molar-refractivity contribution in [3.8, 4) is 5.75 Å². The summed E-state index contributed by atoms with van der Waals surface area (Å²) in [5.74, 6) is 1.84. The number of aryl methyl sites for hydroxylation is 1. The summed E-state index contributed by atoms with van der Waals surface area (Å²) in [5, 5.41) is 3.77. The van der Waals surface area contributed by atoms with Crippen LogP contribution in [0.15, 0.2) is 12.1 Å². The molecule has 106 valence electrons. The van der Waals surface area contributed by atoms with Crippen molar-refractivity contribution >= 4 is 5.69 Å². The van der Waals surface area contributed by atoms with Gasteiger partial charge >= 0.3 is 0 Å². The molecule has 0 aliphatic heterocycles. The van der Waals surface area contributed by atoms with Gasteiger partial charge in [-0.3, -0.25) is 0 Å². The van der Waals surface area contributed by atoms with Crippen LogP contribution >= 0.6 is 0 Å². The van der Waals surface area contributed by atoms with E-state index in [-0.39, 0.29) is 0 Å². The number of rotatable bonds is 4. The van der Waals surface area contributed by atoms with E-state index >= 15 is 0 Å². The Morgan fingerprint density at radius 3 is 2.63 bits per heavy atom. The van der Waals surface area contributed by atoms with Crippen LogP contribution in [0.3, 0.4) is 0 Å². The van der Waals surface area contributed by atoms with E-state index in [0.717, 1.165) is 11.7 Å². The summed E-state index contributed by atoms with van der Waals surface area (Å²) in [6, 6.07) is 4.98. The zero-order valence-corrected chi connectivity index (χ0v) is 12.8. The van der Waals surface area contributed by atoms with Crippen molar-refractivity contribution in [2.75, 3.05) is 12.4 Å². The highest BCUT2D eigenvalue weighted by atomic mass is 16.5. The van der Waals surface area contributed by atoms with Gasteiger partial charge in [-0.1, -0.05) is 32.3 Å². The summed E-state index contributed by atoms with van der Waals surface area (Å²) in [7, 11) is 1.76. The monoisotopic (exact) mass is 261 g/mol. The van der Waals surface area contributed by atoms with Crippen molar-refractivity contribution in [1.82, 2.24) is 0 Å². The largest absolute Gasteiger partial charge is 0.496 e. The number of nitrogens with one attached hydrogen (secondary N) is 1. The Morgan fingerprint density at radius 1 is 1.21 bits per heavy atom. The zero-order chi connectivity index (χ0) is 13.8. The molecule has 0 spiro atoms. The fourth-order valence-electron chi connectivity index (χ4n) is 3.38. The van der Waals surface area contributed by atoms with E-state index in [0.29, 0.717) is 6.04 Å². The number of anilines is 1. The van der Waals surface area contributed by atoms with Crippen LogP contribution < -0.4 is 10.1 Å². The van der Waals surface area contributed by atoms with Crippen LogP contribution in [0.5, 0.6) is 5.75 Å². The van der Waals surface area contributed by atoms with Gasteiger partial charge in [0.1, 0.15) is 5.75 Å². The molecule has 2 unspecified atom stereocenters. The lowest BCUT2D eigenvalue weighted by molar-refractivity contribution is 0.317. The maximum Gasteiger partial charge on any atom is 0.126 e. The molecule has 0 saturated heterocycles. The van der Waals surface area contributed by atoms with E-state index in [1.165, 1.54) is 48.9 Å². The van der Waals surface area contributed by atoms with Crippen molar-refractivity contribution in [3.05, 3.63) is 23.3 Å². The third kappa shape index (κ3) is 3.05. The summed E-state index contributed by atoms with van der Waals surface area (Å²) >= 11 is 0. The fourth-order valence-corrected chi connectivity index (χ4v) is 3.38. The Bertz CT molecular complexity index is 428. The quantitative estimate of drug-likeness (QED) is 0.848. The highest BCUT2D eigenvalue weighted by molar-refractivity contribution is 5.60. The second-order valence-corrected chi connectivity index (χ2v) is 5.79. The minimum absolute atomic E-state index is 0.630. The molecule has 1 aromatic carbocycles. The molecule has 0 bridgehead atoms. The predicted octanol–water partition coefficient (Wildman–Crippen LogP) is 4.69. The molecule has 0 radical (unpaired) electrons. The first-order valence-electron chi connectivity index (χ1n) is 7.58. The van der Waals surface area contributed by atoms with Crippen molar-refractivity contribution in [2.45, 2.75) is 58.9 Å². The molecule has 1 aliphatic rings. The van der Waals surface area contributed by atoms with E-state index in [4.69, 9.17) is 4.74 Å². The van der Waals surface area contributed by atoms with Gasteiger partial charge in [0.25, 0.3) is 0 Å². The van der Waals surface area contributed by atoms with Crippen LogP contribution in [0, 0.1) is 19.8 Å². The Balaban J connectivity index is 2.18. The molecular formula is C17H27NO. The predicted molar refractivity (Wildman–Crippen MR) is 82.1 cm³/mol. The van der Waals surface area contributed by atoms with Crippen LogP contribution in [-0.2, 0) is 0 Å². The van der Waals surface area contributed by atoms with Gasteiger partial charge in [-0.15, -0.1) is 0 Å². The molecule has 2 nitrogen and oxygen atoms in total. The first kappa shape index (κ1) is 14.2. The van der Waals surface area contributed by atoms with E-state index in [1.54, 1.807) is 7.11 Å². The maximum absolute atomic E-state index is 5.52. The lowest BCUT2D eigenvalue weighted by Gasteiger charge is -2.33. The number of hydrogen-bond donors (Lipinski definition) is 1. The number of ether oxygens (including phenoxy) is 1. The summed E-state index contributed by atoms with van der Waals surface area (Å²) in [6.07, 6.45) is 6.70. The van der Waals surface area contributed by atoms with Gasteiger partial charge in [-0.25, -0.2) is 0 Å². The highest BCUT2D eigenvalue weighted by Crippen LogP contribution is 2.33. The smallest absolute Gasteiger partial charge is 0.126 e. The molecule has 1 fully saturated rings. The highest BCUT2D eigenvalue weighted by Gasteiger charge is 2.24. The molecule has 1 aliphatic carbocycles. The molecule has 1 saturated carbocycles. The van der Waals surface area contributed by atoms with E-state index in [9.17, 15) is 0 Å². The van der Waals surface area contributed by atoms with Crippen LogP contribution in [0.2, 0.25) is 0 Å². The summed E-state index contributed by atoms with van der Waals surface area (Å²) in [4.78, 5) is 0. The standard InChI is InChI=1S/C17H27NO/c1-5-14-8-6-7-9-16(14)18-15-11-10-12(2)17(19-4)13(15)3/h10-11,14,16,18H,5-9H2,1-4H3. The van der Waals surface area contributed by atoms with Crippen LogP contribution in [-0.4, -0.2) is 13.2 Å². The lowest BCUT2D eigenvalue weighted by Crippen LogP contribution is -2.32. The summed E-state index contributed by atoms with van der Waals surface area (Å²) < 4.78 is 5.52.